The highest BCUT2D eigenvalue weighted by Crippen LogP contribution is 2.39. The van der Waals surface area contributed by atoms with E-state index in [9.17, 15) is 13.2 Å². The van der Waals surface area contributed by atoms with Gasteiger partial charge < -0.3 is 8.87 Å². The minimum Gasteiger partial charge on any atom is -0.321 e. The Kier molecular flexibility index (Phi) is 3.55. The van der Waals surface area contributed by atoms with Crippen molar-refractivity contribution >= 4 is 28.7 Å². The van der Waals surface area contributed by atoms with Gasteiger partial charge >= 0.3 is 6.18 Å². The van der Waals surface area contributed by atoms with Crippen LogP contribution in [0.15, 0.2) is 18.2 Å². The Hall–Kier alpha value is -1.37. The first-order valence-corrected chi connectivity index (χ1v) is 7.71. The van der Waals surface area contributed by atoms with Gasteiger partial charge in [-0.15, -0.1) is 0 Å². The van der Waals surface area contributed by atoms with E-state index in [4.69, 9.17) is 0 Å². The molecule has 1 aromatic heterocycles. The zero-order valence-corrected chi connectivity index (χ0v) is 12.6. The van der Waals surface area contributed by atoms with Crippen molar-refractivity contribution in [2.75, 3.05) is 11.4 Å². The van der Waals surface area contributed by atoms with Crippen molar-refractivity contribution in [3.63, 3.8) is 0 Å². The fraction of sp³-hybridized carbons (Fsp3) is 0.500. The number of aryl methyl sites for hydroxylation is 1. The van der Waals surface area contributed by atoms with E-state index in [-0.39, 0.29) is 6.54 Å². The number of alkyl halides is 3. The number of nitrogens with zero attached hydrogens (tertiary/aromatic N) is 3. The normalized spacial score (nSPS) is 15.7. The van der Waals surface area contributed by atoms with Crippen molar-refractivity contribution in [1.29, 1.82) is 0 Å². The van der Waals surface area contributed by atoms with E-state index in [1.54, 1.807) is 31.0 Å². The van der Waals surface area contributed by atoms with Crippen LogP contribution in [0.5, 0.6) is 0 Å². The first-order valence-electron chi connectivity index (χ1n) is 6.88. The summed E-state index contributed by atoms with van der Waals surface area (Å²) in [5, 5.41) is 0.643. The number of benzene rings is 1. The van der Waals surface area contributed by atoms with E-state index in [1.807, 2.05) is 17.4 Å². The third kappa shape index (κ3) is 2.84. The number of hydrogen-bond acceptors (Lipinski definition) is 3. The molecule has 2 aromatic rings. The van der Waals surface area contributed by atoms with Gasteiger partial charge in [-0.1, -0.05) is 0 Å². The monoisotopic (exact) mass is 315 g/mol. The third-order valence-corrected chi connectivity index (χ3v) is 4.79. The van der Waals surface area contributed by atoms with Gasteiger partial charge in [0.1, 0.15) is 0 Å². The molecule has 1 saturated carbocycles. The average Bonchev–Trinajstić information content (AvgIpc) is 3.14. The maximum atomic E-state index is 13.0. The van der Waals surface area contributed by atoms with Crippen LogP contribution in [0.2, 0.25) is 0 Å². The predicted molar refractivity (Wildman–Crippen MR) is 79.4 cm³/mol. The number of hydrogen-bond donors (Lipinski definition) is 0. The summed E-state index contributed by atoms with van der Waals surface area (Å²) in [7, 11) is 1.94. The van der Waals surface area contributed by atoms with E-state index in [1.165, 1.54) is 17.4 Å². The van der Waals surface area contributed by atoms with Gasteiger partial charge in [0.25, 0.3) is 0 Å². The van der Waals surface area contributed by atoms with Gasteiger partial charge in [-0.25, -0.2) is 4.98 Å². The molecule has 1 heterocycles. The van der Waals surface area contributed by atoms with Crippen LogP contribution in [0.3, 0.4) is 0 Å². The van der Waals surface area contributed by atoms with Crippen LogP contribution >= 0.6 is 11.9 Å². The van der Waals surface area contributed by atoms with Crippen molar-refractivity contribution in [2.24, 2.45) is 0 Å². The zero-order valence-electron chi connectivity index (χ0n) is 11.8. The lowest BCUT2D eigenvalue weighted by Crippen LogP contribution is -2.14. The van der Waals surface area contributed by atoms with Gasteiger partial charge in [0, 0.05) is 24.5 Å². The predicted octanol–water partition coefficient (Wildman–Crippen LogP) is 4.32. The highest BCUT2D eigenvalue weighted by atomic mass is 32.2. The van der Waals surface area contributed by atoms with Gasteiger partial charge in [-0.3, -0.25) is 0 Å². The van der Waals surface area contributed by atoms with Crippen LogP contribution in [0.25, 0.3) is 11.0 Å². The highest BCUT2D eigenvalue weighted by molar-refractivity contribution is 8.01. The second kappa shape index (κ2) is 5.12. The summed E-state index contributed by atoms with van der Waals surface area (Å²) >= 11 is 1.73. The van der Waals surface area contributed by atoms with Gasteiger partial charge in [-0.05, 0) is 49.9 Å². The van der Waals surface area contributed by atoms with E-state index in [2.05, 4.69) is 4.98 Å². The molecule has 114 valence electrons. The number of anilines is 1. The fourth-order valence-corrected chi connectivity index (χ4v) is 3.34. The maximum absolute atomic E-state index is 13.0. The van der Waals surface area contributed by atoms with Crippen molar-refractivity contribution < 1.29 is 13.2 Å². The van der Waals surface area contributed by atoms with Crippen molar-refractivity contribution in [1.82, 2.24) is 9.55 Å². The number of fused-ring (bicyclic) bond motifs is 1. The molecule has 0 spiro atoms. The molecule has 3 nitrogen and oxygen atoms in total. The van der Waals surface area contributed by atoms with E-state index >= 15 is 0 Å². The van der Waals surface area contributed by atoms with Crippen LogP contribution in [0, 0.1) is 0 Å². The van der Waals surface area contributed by atoms with Crippen LogP contribution in [-0.4, -0.2) is 21.8 Å². The maximum Gasteiger partial charge on any atom is 0.449 e. The molecule has 0 aliphatic heterocycles. The molecule has 3 rings (SSSR count). The first-order chi connectivity index (χ1) is 9.90. The Labute approximate surface area is 125 Å². The van der Waals surface area contributed by atoms with Gasteiger partial charge in [0.2, 0.25) is 5.82 Å². The SMILES string of the molecule is CCn1c(C(F)(F)F)nc2cc(N(C)SC3CC3)ccc21. The smallest absolute Gasteiger partial charge is 0.321 e. The summed E-state index contributed by atoms with van der Waals surface area (Å²) in [5.74, 6) is -0.824. The molecule has 1 aliphatic rings. The second-order valence-corrected chi connectivity index (χ2v) is 6.58. The Bertz CT molecular complexity index is 661. The number of rotatable bonds is 4. The fourth-order valence-electron chi connectivity index (χ4n) is 2.31. The Morgan fingerprint density at radius 3 is 2.67 bits per heavy atom. The summed E-state index contributed by atoms with van der Waals surface area (Å²) in [6.07, 6.45) is -2.01. The summed E-state index contributed by atoms with van der Waals surface area (Å²) in [6, 6.07) is 5.30. The Morgan fingerprint density at radius 2 is 2.10 bits per heavy atom. The molecule has 1 aromatic carbocycles. The minimum absolute atomic E-state index is 0.247. The van der Waals surface area contributed by atoms with Crippen LogP contribution in [-0.2, 0) is 12.7 Å². The van der Waals surface area contributed by atoms with Crippen molar-refractivity contribution in [3.05, 3.63) is 24.0 Å². The molecule has 21 heavy (non-hydrogen) atoms. The largest absolute Gasteiger partial charge is 0.449 e. The molecule has 0 N–H and O–H groups in total. The zero-order chi connectivity index (χ0) is 15.2. The summed E-state index contributed by atoms with van der Waals surface area (Å²) in [5.41, 5.74) is 1.80. The third-order valence-electron chi connectivity index (χ3n) is 3.50. The quantitative estimate of drug-likeness (QED) is 0.784. The van der Waals surface area contributed by atoms with Gasteiger partial charge in [0.15, 0.2) is 0 Å². The summed E-state index contributed by atoms with van der Waals surface area (Å²) in [6.45, 7) is 1.94. The van der Waals surface area contributed by atoms with Gasteiger partial charge in [0.05, 0.1) is 11.0 Å². The van der Waals surface area contributed by atoms with Crippen molar-refractivity contribution in [3.8, 4) is 0 Å². The molecule has 7 heteroatoms. The lowest BCUT2D eigenvalue weighted by atomic mass is 10.3. The Balaban J connectivity index is 2.01. The first kappa shape index (κ1) is 14.6. The second-order valence-electron chi connectivity index (χ2n) is 5.15. The van der Waals surface area contributed by atoms with Crippen molar-refractivity contribution in [2.45, 2.75) is 37.7 Å². The molecule has 1 aliphatic carbocycles. The van der Waals surface area contributed by atoms with Gasteiger partial charge in [-0.2, -0.15) is 13.2 Å². The molecule has 1 fully saturated rings. The molecule has 0 radical (unpaired) electrons. The van der Waals surface area contributed by atoms with Crippen LogP contribution in [0.4, 0.5) is 18.9 Å². The highest BCUT2D eigenvalue weighted by Gasteiger charge is 2.37. The standard InChI is InChI=1S/C14H16F3N3S/c1-3-20-12-7-4-9(19(2)21-10-5-6-10)8-11(12)18-13(20)14(15,16)17/h4,7-8,10H,3,5-6H2,1-2H3. The number of halogens is 3. The summed E-state index contributed by atoms with van der Waals surface area (Å²) < 4.78 is 42.3. The lowest BCUT2D eigenvalue weighted by Gasteiger charge is -2.17. The number of aromatic nitrogens is 2. The summed E-state index contributed by atoms with van der Waals surface area (Å²) in [4.78, 5) is 3.79. The van der Waals surface area contributed by atoms with E-state index in [0.29, 0.717) is 16.3 Å². The van der Waals surface area contributed by atoms with E-state index in [0.717, 1.165) is 5.69 Å². The molecule has 0 atom stereocenters. The van der Waals surface area contributed by atoms with Crippen LogP contribution in [0.1, 0.15) is 25.6 Å². The van der Waals surface area contributed by atoms with E-state index < -0.39 is 12.0 Å². The molecule has 0 unspecified atom stereocenters. The average molecular weight is 315 g/mol. The van der Waals surface area contributed by atoms with Crippen LogP contribution < -0.4 is 4.31 Å². The number of imidazole rings is 1. The minimum atomic E-state index is -4.43. The Morgan fingerprint density at radius 1 is 1.38 bits per heavy atom. The molecular weight excluding hydrogens is 299 g/mol. The molecule has 0 amide bonds. The molecule has 0 bridgehead atoms. The lowest BCUT2D eigenvalue weighted by molar-refractivity contribution is -0.146. The molecule has 0 saturated heterocycles. The topological polar surface area (TPSA) is 21.1 Å². The molecular formula is C14H16F3N3S.